The first kappa shape index (κ1) is 14.8. The number of amides is 1. The average Bonchev–Trinajstić information content (AvgIpc) is 3.10. The number of hydrogen-bond donors (Lipinski definition) is 2. The molecule has 1 rings (SSSR count). The summed E-state index contributed by atoms with van der Waals surface area (Å²) in [5.41, 5.74) is 0.242. The second-order valence-electron chi connectivity index (χ2n) is 5.07. The van der Waals surface area contributed by atoms with Crippen molar-refractivity contribution in [3.8, 4) is 0 Å². The van der Waals surface area contributed by atoms with Gasteiger partial charge in [-0.25, -0.2) is 0 Å². The minimum Gasteiger partial charge on any atom is -0.356 e. The summed E-state index contributed by atoms with van der Waals surface area (Å²) in [6, 6.07) is 0. The van der Waals surface area contributed by atoms with Gasteiger partial charge in [-0.3, -0.25) is 4.79 Å². The molecule has 0 radical (unpaired) electrons. The highest BCUT2D eigenvalue weighted by molar-refractivity contribution is 7.80. The Hall–Kier alpha value is -0.220. The number of thiol groups is 1. The fraction of sp³-hybridized carbons (Fsp3) is 0.923. The van der Waals surface area contributed by atoms with Gasteiger partial charge in [0, 0.05) is 13.0 Å². The van der Waals surface area contributed by atoms with E-state index in [0.29, 0.717) is 6.42 Å². The first-order chi connectivity index (χ1) is 8.15. The van der Waals surface area contributed by atoms with Crippen LogP contribution < -0.4 is 5.32 Å². The molecule has 0 heterocycles. The van der Waals surface area contributed by atoms with Gasteiger partial charge in [-0.1, -0.05) is 13.8 Å². The molecule has 1 fully saturated rings. The van der Waals surface area contributed by atoms with Gasteiger partial charge in [0.2, 0.25) is 5.91 Å². The number of carbonyl (C=O) groups is 1. The Balaban J connectivity index is 2.04. The zero-order valence-electron chi connectivity index (χ0n) is 11.2. The largest absolute Gasteiger partial charge is 0.356 e. The highest BCUT2D eigenvalue weighted by Gasteiger charge is 2.42. The Morgan fingerprint density at radius 3 is 2.47 bits per heavy atom. The third-order valence-corrected chi connectivity index (χ3v) is 4.37. The molecule has 1 N–H and O–H groups in total. The molecule has 0 aromatic carbocycles. The van der Waals surface area contributed by atoms with E-state index in [1.807, 2.05) is 0 Å². The Morgan fingerprint density at radius 2 is 2.00 bits per heavy atom. The van der Waals surface area contributed by atoms with Crippen LogP contribution in [0.15, 0.2) is 0 Å². The van der Waals surface area contributed by atoms with Gasteiger partial charge in [0.15, 0.2) is 0 Å². The summed E-state index contributed by atoms with van der Waals surface area (Å²) in [5, 5.41) is 3.02. The van der Waals surface area contributed by atoms with Crippen LogP contribution in [0.3, 0.4) is 0 Å². The second kappa shape index (κ2) is 7.27. The number of carbonyl (C=O) groups excluding carboxylic acids is 1. The molecule has 0 saturated heterocycles. The van der Waals surface area contributed by atoms with Crippen LogP contribution in [0.25, 0.3) is 0 Å². The molecule has 1 amide bonds. The summed E-state index contributed by atoms with van der Waals surface area (Å²) in [6.45, 7) is 8.40. The molecule has 17 heavy (non-hydrogen) atoms. The normalized spacial score (nSPS) is 17.2. The SMILES string of the molecule is CCN(CC)CCCNC(=O)CC1(CS)CC1. The van der Waals surface area contributed by atoms with Gasteiger partial charge in [0.25, 0.3) is 0 Å². The molecule has 1 saturated carbocycles. The number of hydrogen-bond acceptors (Lipinski definition) is 3. The summed E-state index contributed by atoms with van der Waals surface area (Å²) >= 11 is 4.31. The van der Waals surface area contributed by atoms with Gasteiger partial charge in [-0.05, 0) is 50.1 Å². The van der Waals surface area contributed by atoms with E-state index in [0.717, 1.165) is 38.4 Å². The third-order valence-electron chi connectivity index (χ3n) is 3.70. The second-order valence-corrected chi connectivity index (χ2v) is 5.38. The quantitative estimate of drug-likeness (QED) is 0.489. The van der Waals surface area contributed by atoms with Crippen LogP contribution in [0.4, 0.5) is 0 Å². The lowest BCUT2D eigenvalue weighted by Crippen LogP contribution is -2.31. The maximum Gasteiger partial charge on any atom is 0.220 e. The maximum absolute atomic E-state index is 11.7. The van der Waals surface area contributed by atoms with E-state index >= 15 is 0 Å². The Kier molecular flexibility index (Phi) is 6.34. The minimum absolute atomic E-state index is 0.205. The number of rotatable bonds is 9. The fourth-order valence-electron chi connectivity index (χ4n) is 2.04. The van der Waals surface area contributed by atoms with Gasteiger partial charge in [-0.15, -0.1) is 0 Å². The van der Waals surface area contributed by atoms with Crippen LogP contribution in [0, 0.1) is 5.41 Å². The zero-order chi connectivity index (χ0) is 12.7. The van der Waals surface area contributed by atoms with Crippen LogP contribution in [-0.2, 0) is 4.79 Å². The molecule has 1 aliphatic carbocycles. The molecule has 4 heteroatoms. The minimum atomic E-state index is 0.205. The predicted octanol–water partition coefficient (Wildman–Crippen LogP) is 1.93. The third kappa shape index (κ3) is 5.30. The van der Waals surface area contributed by atoms with Crippen LogP contribution in [0.5, 0.6) is 0 Å². The van der Waals surface area contributed by atoms with Gasteiger partial charge in [0.05, 0.1) is 0 Å². The van der Waals surface area contributed by atoms with Crippen LogP contribution in [0.1, 0.15) is 39.5 Å². The van der Waals surface area contributed by atoms with Crippen molar-refractivity contribution in [1.29, 1.82) is 0 Å². The molecule has 0 aromatic heterocycles. The van der Waals surface area contributed by atoms with E-state index in [1.165, 1.54) is 12.8 Å². The molecule has 100 valence electrons. The lowest BCUT2D eigenvalue weighted by molar-refractivity contribution is -0.122. The predicted molar refractivity (Wildman–Crippen MR) is 75.6 cm³/mol. The van der Waals surface area contributed by atoms with E-state index in [-0.39, 0.29) is 11.3 Å². The molecular weight excluding hydrogens is 232 g/mol. The molecule has 0 atom stereocenters. The van der Waals surface area contributed by atoms with Crippen molar-refractivity contribution in [1.82, 2.24) is 10.2 Å². The summed E-state index contributed by atoms with van der Waals surface area (Å²) in [6.07, 6.45) is 4.05. The van der Waals surface area contributed by atoms with Gasteiger partial charge in [0.1, 0.15) is 0 Å². The monoisotopic (exact) mass is 258 g/mol. The lowest BCUT2D eigenvalue weighted by atomic mass is 10.1. The van der Waals surface area contributed by atoms with E-state index in [1.54, 1.807) is 0 Å². The Morgan fingerprint density at radius 1 is 1.35 bits per heavy atom. The van der Waals surface area contributed by atoms with Gasteiger partial charge >= 0.3 is 0 Å². The fourth-order valence-corrected chi connectivity index (χ4v) is 2.47. The Labute approximate surface area is 111 Å². The molecule has 0 unspecified atom stereocenters. The van der Waals surface area contributed by atoms with Crippen LogP contribution >= 0.6 is 12.6 Å². The molecule has 1 aliphatic rings. The van der Waals surface area contributed by atoms with Gasteiger partial charge in [-0.2, -0.15) is 12.6 Å². The molecule has 3 nitrogen and oxygen atoms in total. The van der Waals surface area contributed by atoms with E-state index in [9.17, 15) is 4.79 Å². The molecule has 0 aromatic rings. The molecule has 0 spiro atoms. The van der Waals surface area contributed by atoms with E-state index < -0.39 is 0 Å². The van der Waals surface area contributed by atoms with Crippen molar-refractivity contribution < 1.29 is 4.79 Å². The first-order valence-electron chi connectivity index (χ1n) is 6.75. The smallest absolute Gasteiger partial charge is 0.220 e. The van der Waals surface area contributed by atoms with Crippen molar-refractivity contribution in [2.75, 3.05) is 31.9 Å². The number of nitrogens with zero attached hydrogens (tertiary/aromatic N) is 1. The average molecular weight is 258 g/mol. The summed E-state index contributed by atoms with van der Waals surface area (Å²) < 4.78 is 0. The van der Waals surface area contributed by atoms with Crippen molar-refractivity contribution >= 4 is 18.5 Å². The van der Waals surface area contributed by atoms with Gasteiger partial charge < -0.3 is 10.2 Å². The van der Waals surface area contributed by atoms with E-state index in [4.69, 9.17) is 0 Å². The van der Waals surface area contributed by atoms with Crippen molar-refractivity contribution in [3.05, 3.63) is 0 Å². The van der Waals surface area contributed by atoms with Crippen LogP contribution in [0.2, 0.25) is 0 Å². The lowest BCUT2D eigenvalue weighted by Gasteiger charge is -2.18. The maximum atomic E-state index is 11.7. The highest BCUT2D eigenvalue weighted by atomic mass is 32.1. The molecule has 0 bridgehead atoms. The summed E-state index contributed by atoms with van der Waals surface area (Å²) in [4.78, 5) is 14.1. The summed E-state index contributed by atoms with van der Waals surface area (Å²) in [5.74, 6) is 1.05. The highest BCUT2D eigenvalue weighted by Crippen LogP contribution is 2.49. The van der Waals surface area contributed by atoms with Crippen molar-refractivity contribution in [3.63, 3.8) is 0 Å². The summed E-state index contributed by atoms with van der Waals surface area (Å²) in [7, 11) is 0. The van der Waals surface area contributed by atoms with E-state index in [2.05, 4.69) is 36.7 Å². The molecular formula is C13H26N2OS. The molecule has 0 aliphatic heterocycles. The van der Waals surface area contributed by atoms with Crippen molar-refractivity contribution in [2.45, 2.75) is 39.5 Å². The zero-order valence-corrected chi connectivity index (χ0v) is 12.1. The number of nitrogens with one attached hydrogen (secondary N) is 1. The topological polar surface area (TPSA) is 32.3 Å². The van der Waals surface area contributed by atoms with Crippen LogP contribution in [-0.4, -0.2) is 42.7 Å². The Bertz CT molecular complexity index is 238. The van der Waals surface area contributed by atoms with Crippen molar-refractivity contribution in [2.24, 2.45) is 5.41 Å². The standard InChI is InChI=1S/C13H26N2OS/c1-3-15(4-2)9-5-8-14-12(16)10-13(11-17)6-7-13/h17H,3-11H2,1-2H3,(H,14,16). The first-order valence-corrected chi connectivity index (χ1v) is 7.39.